The summed E-state index contributed by atoms with van der Waals surface area (Å²) in [5.74, 6) is 1.92. The molecule has 0 saturated heterocycles. The minimum atomic E-state index is -0.377. The quantitative estimate of drug-likeness (QED) is 0.644. The summed E-state index contributed by atoms with van der Waals surface area (Å²) in [6.07, 6.45) is -0.377. The number of rotatable bonds is 3. The number of anilines is 2. The zero-order valence-corrected chi connectivity index (χ0v) is 16.0. The predicted molar refractivity (Wildman–Crippen MR) is 109 cm³/mol. The summed E-state index contributed by atoms with van der Waals surface area (Å²) in [7, 11) is 1.64. The molecule has 0 aliphatic carbocycles. The second-order valence-electron chi connectivity index (χ2n) is 6.74. The molecule has 0 radical (unpaired) electrons. The summed E-state index contributed by atoms with van der Waals surface area (Å²) in [6.45, 7) is 3.84. The maximum Gasteiger partial charge on any atom is 0.357 e. The fraction of sp³-hybridized carbons (Fsp3) is 0.190. The van der Waals surface area contributed by atoms with Crippen LogP contribution in [0.25, 0.3) is 0 Å². The molecule has 4 rings (SSSR count). The van der Waals surface area contributed by atoms with Gasteiger partial charge in [-0.15, -0.1) is 0 Å². The number of guanidine groups is 1. The van der Waals surface area contributed by atoms with Gasteiger partial charge in [-0.3, -0.25) is 9.79 Å². The van der Waals surface area contributed by atoms with Gasteiger partial charge in [0.2, 0.25) is 0 Å². The zero-order valence-electron chi connectivity index (χ0n) is 16.0. The van der Waals surface area contributed by atoms with Gasteiger partial charge < -0.3 is 4.74 Å². The highest BCUT2D eigenvalue weighted by Gasteiger charge is 2.29. The fourth-order valence-corrected chi connectivity index (χ4v) is 3.25. The molecular weight excluding hydrogens is 354 g/mol. The lowest BCUT2D eigenvalue weighted by atomic mass is 10.1. The third-order valence-corrected chi connectivity index (χ3v) is 4.57. The van der Waals surface area contributed by atoms with Crippen molar-refractivity contribution in [3.8, 4) is 5.75 Å². The Labute approximate surface area is 162 Å². The third kappa shape index (κ3) is 3.46. The topological polar surface area (TPSA) is 82.2 Å². The lowest BCUT2D eigenvalue weighted by Gasteiger charge is -2.23. The summed E-state index contributed by atoms with van der Waals surface area (Å²) in [5, 5.41) is 6.49. The number of methoxy groups -OCH3 is 1. The standard InChI is InChI=1S/C21H21N5O2/c1-13-5-4-6-15(11-13)19-24-20(23-16-7-9-17(28-3)10-8-16)25-21-22-14(2)12-18(27)26(19)21/h4-12,19H,1-3H3,(H2,22,23,24,25)/p+1/t19-/m1/s1. The van der Waals surface area contributed by atoms with Crippen LogP contribution in [0.3, 0.4) is 0 Å². The first kappa shape index (κ1) is 17.8. The van der Waals surface area contributed by atoms with E-state index in [1.54, 1.807) is 11.7 Å². The van der Waals surface area contributed by atoms with E-state index < -0.39 is 0 Å². The molecule has 0 spiro atoms. The molecule has 3 aromatic rings. The number of nitrogens with zero attached hydrogens (tertiary/aromatic N) is 2. The van der Waals surface area contributed by atoms with Crippen molar-refractivity contribution in [3.63, 3.8) is 0 Å². The van der Waals surface area contributed by atoms with Crippen molar-refractivity contribution < 1.29 is 9.73 Å². The van der Waals surface area contributed by atoms with Crippen LogP contribution < -0.4 is 25.9 Å². The maximum absolute atomic E-state index is 12.7. The highest BCUT2D eigenvalue weighted by atomic mass is 16.5. The Morgan fingerprint density at radius 2 is 1.93 bits per heavy atom. The number of hydrogen-bond acceptors (Lipinski definition) is 5. The molecule has 2 aromatic carbocycles. The number of fused-ring (bicyclic) bond motifs is 1. The van der Waals surface area contributed by atoms with Crippen LogP contribution in [-0.4, -0.2) is 22.6 Å². The fourth-order valence-electron chi connectivity index (χ4n) is 3.25. The van der Waals surface area contributed by atoms with E-state index in [4.69, 9.17) is 4.74 Å². The van der Waals surface area contributed by atoms with Crippen LogP contribution in [-0.2, 0) is 0 Å². The molecule has 1 atom stereocenters. The first-order valence-electron chi connectivity index (χ1n) is 9.02. The Morgan fingerprint density at radius 1 is 1.14 bits per heavy atom. The van der Waals surface area contributed by atoms with Crippen molar-refractivity contribution in [3.05, 3.63) is 81.8 Å². The van der Waals surface area contributed by atoms with Gasteiger partial charge in [0.05, 0.1) is 12.8 Å². The first-order chi connectivity index (χ1) is 13.5. The monoisotopic (exact) mass is 376 g/mol. The van der Waals surface area contributed by atoms with Gasteiger partial charge in [0, 0.05) is 17.3 Å². The highest BCUT2D eigenvalue weighted by Crippen LogP contribution is 2.19. The summed E-state index contributed by atoms with van der Waals surface area (Å²) >= 11 is 0. The second kappa shape index (κ2) is 7.19. The minimum absolute atomic E-state index is 0.113. The van der Waals surface area contributed by atoms with E-state index in [0.717, 1.165) is 22.6 Å². The molecule has 0 amide bonds. The van der Waals surface area contributed by atoms with Gasteiger partial charge in [-0.25, -0.2) is 20.2 Å². The Bertz CT molecular complexity index is 1100. The smallest absolute Gasteiger partial charge is 0.357 e. The molecule has 142 valence electrons. The van der Waals surface area contributed by atoms with Crippen molar-refractivity contribution in [2.75, 3.05) is 17.7 Å². The molecule has 0 bridgehead atoms. The third-order valence-electron chi connectivity index (χ3n) is 4.57. The molecular formula is C21H22N5O2+. The summed E-state index contributed by atoms with van der Waals surface area (Å²) < 4.78 is 6.83. The predicted octanol–water partition coefficient (Wildman–Crippen LogP) is 1.39. The van der Waals surface area contributed by atoms with E-state index >= 15 is 0 Å². The lowest BCUT2D eigenvalue weighted by molar-refractivity contribution is -0.520. The second-order valence-corrected chi connectivity index (χ2v) is 6.74. The molecule has 1 aliphatic rings. The van der Waals surface area contributed by atoms with Gasteiger partial charge in [-0.1, -0.05) is 29.8 Å². The molecule has 1 aliphatic heterocycles. The molecule has 1 aromatic heterocycles. The molecule has 0 unspecified atom stereocenters. The van der Waals surface area contributed by atoms with Gasteiger partial charge in [0.15, 0.2) is 6.17 Å². The van der Waals surface area contributed by atoms with Crippen LogP contribution in [0.1, 0.15) is 23.0 Å². The van der Waals surface area contributed by atoms with E-state index in [1.165, 1.54) is 6.07 Å². The summed E-state index contributed by atoms with van der Waals surface area (Å²) in [4.78, 5) is 20.6. The maximum atomic E-state index is 12.7. The Morgan fingerprint density at radius 3 is 2.64 bits per heavy atom. The van der Waals surface area contributed by atoms with Crippen molar-refractivity contribution in [1.82, 2.24) is 9.55 Å². The number of ether oxygens (including phenoxy) is 1. The normalized spacial score (nSPS) is 15.2. The molecule has 7 nitrogen and oxygen atoms in total. The largest absolute Gasteiger partial charge is 0.497 e. The van der Waals surface area contributed by atoms with Crippen LogP contribution in [0.5, 0.6) is 5.75 Å². The number of aromatic nitrogens is 2. The lowest BCUT2D eigenvalue weighted by Crippen LogP contribution is -2.82. The molecule has 3 N–H and O–H groups in total. The average Bonchev–Trinajstić information content (AvgIpc) is 2.67. The van der Waals surface area contributed by atoms with Crippen molar-refractivity contribution >= 4 is 17.6 Å². The van der Waals surface area contributed by atoms with Crippen molar-refractivity contribution in [2.24, 2.45) is 0 Å². The molecule has 2 heterocycles. The number of hydrogen-bond donors (Lipinski definition) is 3. The summed E-state index contributed by atoms with van der Waals surface area (Å²) in [5.41, 5.74) is 3.53. The van der Waals surface area contributed by atoms with Crippen LogP contribution >= 0.6 is 0 Å². The Kier molecular flexibility index (Phi) is 4.57. The minimum Gasteiger partial charge on any atom is -0.497 e. The van der Waals surface area contributed by atoms with Crippen molar-refractivity contribution in [2.45, 2.75) is 20.0 Å². The highest BCUT2D eigenvalue weighted by molar-refractivity contribution is 5.99. The van der Waals surface area contributed by atoms with Gasteiger partial charge in [-0.05, 0) is 38.1 Å². The van der Waals surface area contributed by atoms with Gasteiger partial charge in [0.1, 0.15) is 5.75 Å². The number of nitrogens with one attached hydrogen (secondary N) is 3. The molecule has 0 saturated carbocycles. The number of benzene rings is 2. The van der Waals surface area contributed by atoms with Gasteiger partial charge >= 0.3 is 5.96 Å². The van der Waals surface area contributed by atoms with Crippen molar-refractivity contribution in [1.29, 1.82) is 0 Å². The SMILES string of the molecule is COc1ccc(NC2=[NH+][C@@H](c3cccc(C)c3)n3c(nc(C)cc3=O)N2)cc1. The van der Waals surface area contributed by atoms with Gasteiger partial charge in [0.25, 0.3) is 11.5 Å². The van der Waals surface area contributed by atoms with Crippen LogP contribution in [0, 0.1) is 13.8 Å². The average molecular weight is 376 g/mol. The van der Waals surface area contributed by atoms with E-state index in [1.807, 2.05) is 56.3 Å². The van der Waals surface area contributed by atoms with E-state index in [9.17, 15) is 4.79 Å². The Balaban J connectivity index is 1.76. The van der Waals surface area contributed by atoms with E-state index in [0.29, 0.717) is 17.6 Å². The van der Waals surface area contributed by atoms with E-state index in [-0.39, 0.29) is 11.7 Å². The van der Waals surface area contributed by atoms with Crippen LogP contribution in [0.15, 0.2) is 59.4 Å². The number of aryl methyl sites for hydroxylation is 2. The summed E-state index contributed by atoms with van der Waals surface area (Å²) in [6, 6.07) is 17.2. The molecule has 7 heteroatoms. The zero-order chi connectivity index (χ0) is 19.7. The van der Waals surface area contributed by atoms with Crippen LogP contribution in [0.4, 0.5) is 11.6 Å². The molecule has 28 heavy (non-hydrogen) atoms. The Hall–Kier alpha value is -3.61. The first-order valence-corrected chi connectivity index (χ1v) is 9.02. The van der Waals surface area contributed by atoms with Gasteiger partial charge in [-0.2, -0.15) is 0 Å². The van der Waals surface area contributed by atoms with E-state index in [2.05, 4.69) is 26.7 Å². The molecule has 0 fully saturated rings. The van der Waals surface area contributed by atoms with Crippen LogP contribution in [0.2, 0.25) is 0 Å².